The molecule has 0 aliphatic heterocycles. The molecule has 1 heterocycles. The number of rotatable bonds is 2. The second kappa shape index (κ2) is 5.55. The normalized spacial score (nSPS) is 16.4. The van der Waals surface area contributed by atoms with Crippen LogP contribution in [0.1, 0.15) is 52.3 Å². The molecule has 5 heteroatoms. The third kappa shape index (κ3) is 3.91. The van der Waals surface area contributed by atoms with E-state index in [0.29, 0.717) is 11.7 Å². The van der Waals surface area contributed by atoms with Gasteiger partial charge in [0.15, 0.2) is 0 Å². The van der Waals surface area contributed by atoms with Crippen LogP contribution in [0.3, 0.4) is 0 Å². The first-order chi connectivity index (χ1) is 8.95. The summed E-state index contributed by atoms with van der Waals surface area (Å²) >= 11 is 0. The van der Waals surface area contributed by atoms with Crippen molar-refractivity contribution in [2.75, 3.05) is 5.32 Å². The van der Waals surface area contributed by atoms with E-state index in [4.69, 9.17) is 0 Å². The molecule has 1 aliphatic carbocycles. The summed E-state index contributed by atoms with van der Waals surface area (Å²) in [5, 5.41) is 5.74. The van der Waals surface area contributed by atoms with Crippen molar-refractivity contribution in [2.45, 2.75) is 57.9 Å². The molecule has 2 rings (SSSR count). The lowest BCUT2D eigenvalue weighted by Gasteiger charge is -2.16. The molecule has 2 amide bonds. The average molecular weight is 262 g/mol. The van der Waals surface area contributed by atoms with E-state index in [2.05, 4.69) is 41.4 Å². The Hall–Kier alpha value is -1.65. The molecular weight excluding hydrogens is 240 g/mol. The Morgan fingerprint density at radius 1 is 1.21 bits per heavy atom. The zero-order valence-electron chi connectivity index (χ0n) is 11.9. The summed E-state index contributed by atoms with van der Waals surface area (Å²) in [4.78, 5) is 20.3. The second-order valence-electron chi connectivity index (χ2n) is 6.13. The molecule has 104 valence electrons. The van der Waals surface area contributed by atoms with Crippen molar-refractivity contribution in [1.82, 2.24) is 15.3 Å². The second-order valence-corrected chi connectivity index (χ2v) is 6.13. The Kier molecular flexibility index (Phi) is 4.02. The monoisotopic (exact) mass is 262 g/mol. The van der Waals surface area contributed by atoms with Crippen LogP contribution < -0.4 is 10.6 Å². The fourth-order valence-corrected chi connectivity index (χ4v) is 2.20. The first-order valence-corrected chi connectivity index (χ1v) is 6.85. The van der Waals surface area contributed by atoms with Gasteiger partial charge < -0.3 is 10.6 Å². The van der Waals surface area contributed by atoms with Gasteiger partial charge in [-0.1, -0.05) is 33.6 Å². The molecule has 1 aromatic heterocycles. The minimum absolute atomic E-state index is 0.0787. The molecule has 2 N–H and O–H groups in total. The molecule has 19 heavy (non-hydrogen) atoms. The van der Waals surface area contributed by atoms with Crippen LogP contribution in [-0.2, 0) is 5.41 Å². The van der Waals surface area contributed by atoms with Crippen molar-refractivity contribution in [3.8, 4) is 0 Å². The fraction of sp³-hybridized carbons (Fsp3) is 0.643. The van der Waals surface area contributed by atoms with Gasteiger partial charge in [-0.15, -0.1) is 0 Å². The third-order valence-electron chi connectivity index (χ3n) is 3.27. The minimum atomic E-state index is -0.168. The van der Waals surface area contributed by atoms with Crippen molar-refractivity contribution >= 4 is 11.7 Å². The maximum absolute atomic E-state index is 11.8. The van der Waals surface area contributed by atoms with Gasteiger partial charge in [-0.3, -0.25) is 0 Å². The lowest BCUT2D eigenvalue weighted by molar-refractivity contribution is 0.248. The number of urea groups is 1. The highest BCUT2D eigenvalue weighted by Gasteiger charge is 2.18. The molecule has 1 aromatic rings. The van der Waals surface area contributed by atoms with E-state index in [-0.39, 0.29) is 11.4 Å². The quantitative estimate of drug-likeness (QED) is 0.861. The third-order valence-corrected chi connectivity index (χ3v) is 3.27. The fourth-order valence-electron chi connectivity index (χ4n) is 2.20. The van der Waals surface area contributed by atoms with E-state index in [0.717, 1.165) is 18.7 Å². The predicted octanol–water partition coefficient (Wildman–Crippen LogP) is 2.84. The number of amides is 2. The van der Waals surface area contributed by atoms with E-state index in [1.807, 2.05) is 0 Å². The van der Waals surface area contributed by atoms with Crippen molar-refractivity contribution in [3.05, 3.63) is 18.2 Å². The number of carbonyl (C=O) groups is 1. The number of nitrogens with zero attached hydrogens (tertiary/aromatic N) is 2. The summed E-state index contributed by atoms with van der Waals surface area (Å²) in [6, 6.07) is 0.147. The van der Waals surface area contributed by atoms with Crippen molar-refractivity contribution in [2.24, 2.45) is 0 Å². The summed E-state index contributed by atoms with van der Waals surface area (Å²) in [6.45, 7) is 6.17. The molecule has 0 atom stereocenters. The summed E-state index contributed by atoms with van der Waals surface area (Å²) in [5.41, 5.74) is 0.550. The molecule has 5 nitrogen and oxygen atoms in total. The van der Waals surface area contributed by atoms with Crippen LogP contribution in [-0.4, -0.2) is 22.0 Å². The molecule has 0 aromatic carbocycles. The van der Waals surface area contributed by atoms with Crippen molar-refractivity contribution in [3.63, 3.8) is 0 Å². The highest BCUT2D eigenvalue weighted by molar-refractivity contribution is 5.89. The molecule has 1 aliphatic rings. The van der Waals surface area contributed by atoms with Gasteiger partial charge in [0.05, 0.1) is 18.1 Å². The smallest absolute Gasteiger partial charge is 0.319 e. The van der Waals surface area contributed by atoms with Crippen LogP contribution in [0.15, 0.2) is 12.4 Å². The zero-order valence-corrected chi connectivity index (χ0v) is 11.9. The Morgan fingerprint density at radius 3 is 2.32 bits per heavy atom. The Bertz CT molecular complexity index is 430. The topological polar surface area (TPSA) is 66.9 Å². The molecule has 0 spiro atoms. The molecular formula is C14H22N4O. The van der Waals surface area contributed by atoms with Gasteiger partial charge in [-0.25, -0.2) is 14.8 Å². The van der Waals surface area contributed by atoms with E-state index in [1.165, 1.54) is 12.8 Å². The Morgan fingerprint density at radius 2 is 1.79 bits per heavy atom. The average Bonchev–Trinajstić information content (AvgIpc) is 2.81. The number of aromatic nitrogens is 2. The van der Waals surface area contributed by atoms with E-state index >= 15 is 0 Å². The molecule has 0 unspecified atom stereocenters. The number of anilines is 1. The lowest BCUT2D eigenvalue weighted by atomic mass is 9.96. The maximum Gasteiger partial charge on any atom is 0.319 e. The number of hydrogen-bond acceptors (Lipinski definition) is 3. The zero-order chi connectivity index (χ0) is 13.9. The number of hydrogen-bond donors (Lipinski definition) is 2. The van der Waals surface area contributed by atoms with Crippen LogP contribution in [0.4, 0.5) is 10.5 Å². The van der Waals surface area contributed by atoms with Gasteiger partial charge in [-0.05, 0) is 12.8 Å². The highest BCUT2D eigenvalue weighted by atomic mass is 16.2. The molecule has 0 radical (unpaired) electrons. The maximum atomic E-state index is 11.8. The summed E-state index contributed by atoms with van der Waals surface area (Å²) < 4.78 is 0. The van der Waals surface area contributed by atoms with Crippen LogP contribution in [0, 0.1) is 0 Å². The molecule has 1 fully saturated rings. The van der Waals surface area contributed by atoms with E-state index in [9.17, 15) is 4.79 Å². The van der Waals surface area contributed by atoms with Gasteiger partial charge in [0.1, 0.15) is 5.82 Å². The Balaban J connectivity index is 1.90. The molecule has 0 bridgehead atoms. The van der Waals surface area contributed by atoms with Crippen LogP contribution in [0.2, 0.25) is 0 Å². The summed E-state index contributed by atoms with van der Waals surface area (Å²) in [6.07, 6.45) is 7.87. The molecule has 1 saturated carbocycles. The standard InChI is InChI=1S/C14H22N4O/c1-14(2,3)12-15-8-11(9-16-12)18-13(19)17-10-6-4-5-7-10/h8-10H,4-7H2,1-3H3,(H2,17,18,19). The van der Waals surface area contributed by atoms with Crippen molar-refractivity contribution < 1.29 is 4.79 Å². The summed E-state index contributed by atoms with van der Waals surface area (Å²) in [5.74, 6) is 0.772. The molecule has 0 saturated heterocycles. The SMILES string of the molecule is CC(C)(C)c1ncc(NC(=O)NC2CCCC2)cn1. The lowest BCUT2D eigenvalue weighted by Crippen LogP contribution is -2.36. The van der Waals surface area contributed by atoms with Gasteiger partial charge in [0.2, 0.25) is 0 Å². The van der Waals surface area contributed by atoms with E-state index < -0.39 is 0 Å². The van der Waals surface area contributed by atoms with Gasteiger partial charge in [-0.2, -0.15) is 0 Å². The van der Waals surface area contributed by atoms with E-state index in [1.54, 1.807) is 12.4 Å². The van der Waals surface area contributed by atoms with Crippen molar-refractivity contribution in [1.29, 1.82) is 0 Å². The number of carbonyl (C=O) groups excluding carboxylic acids is 1. The first-order valence-electron chi connectivity index (χ1n) is 6.85. The minimum Gasteiger partial charge on any atom is -0.335 e. The van der Waals surface area contributed by atoms with Crippen LogP contribution in [0.25, 0.3) is 0 Å². The van der Waals surface area contributed by atoms with Gasteiger partial charge in [0, 0.05) is 11.5 Å². The highest BCUT2D eigenvalue weighted by Crippen LogP contribution is 2.19. The van der Waals surface area contributed by atoms with Gasteiger partial charge in [0.25, 0.3) is 0 Å². The first kappa shape index (κ1) is 13.8. The summed E-state index contributed by atoms with van der Waals surface area (Å²) in [7, 11) is 0. The Labute approximate surface area is 114 Å². The van der Waals surface area contributed by atoms with Crippen LogP contribution in [0.5, 0.6) is 0 Å². The predicted molar refractivity (Wildman–Crippen MR) is 75.1 cm³/mol. The van der Waals surface area contributed by atoms with Gasteiger partial charge >= 0.3 is 6.03 Å². The largest absolute Gasteiger partial charge is 0.335 e. The number of nitrogens with one attached hydrogen (secondary N) is 2. The van der Waals surface area contributed by atoms with Crippen LogP contribution >= 0.6 is 0 Å².